The van der Waals surface area contributed by atoms with Crippen molar-refractivity contribution >= 4 is 11.9 Å². The van der Waals surface area contributed by atoms with E-state index in [-0.39, 0.29) is 11.8 Å². The van der Waals surface area contributed by atoms with Crippen molar-refractivity contribution in [1.82, 2.24) is 20.3 Å². The predicted molar refractivity (Wildman–Crippen MR) is 123 cm³/mol. The molecule has 0 saturated carbocycles. The second-order valence-corrected chi connectivity index (χ2v) is 7.96. The van der Waals surface area contributed by atoms with Gasteiger partial charge in [-0.2, -0.15) is 0 Å². The maximum Gasteiger partial charge on any atom is 0.225 e. The molecule has 0 saturated heterocycles. The first-order valence-electron chi connectivity index (χ1n) is 10.6. The number of amides is 1. The fraction of sp³-hybridized carbons (Fsp3) is 0.280. The molecular formula is C25H27N5O. The van der Waals surface area contributed by atoms with Crippen LogP contribution in [0.25, 0.3) is 22.4 Å². The third-order valence-corrected chi connectivity index (χ3v) is 5.50. The van der Waals surface area contributed by atoms with Gasteiger partial charge in [0.2, 0.25) is 11.9 Å². The van der Waals surface area contributed by atoms with E-state index in [9.17, 15) is 4.79 Å². The van der Waals surface area contributed by atoms with Crippen LogP contribution >= 0.6 is 0 Å². The summed E-state index contributed by atoms with van der Waals surface area (Å²) in [6, 6.07) is 12.1. The number of anilines is 1. The normalized spacial score (nSPS) is 15.5. The summed E-state index contributed by atoms with van der Waals surface area (Å²) in [5.41, 5.74) is 4.92. The van der Waals surface area contributed by atoms with Crippen LogP contribution in [0.2, 0.25) is 0 Å². The van der Waals surface area contributed by atoms with Gasteiger partial charge in [0.1, 0.15) is 0 Å². The Morgan fingerprint density at radius 3 is 2.52 bits per heavy atom. The van der Waals surface area contributed by atoms with Crippen LogP contribution in [0, 0.1) is 5.92 Å². The highest BCUT2D eigenvalue weighted by atomic mass is 16.1. The number of allylic oxidation sites excluding steroid dienone is 2. The standard InChI is InChI=1S/C25H27N5O/c1-30(2)25-28-17-22(19-12-14-26-15-13-19)23(29-25)20-10-8-18(9-11-20)16-27-24(31)21-6-4-3-5-7-21/h3-4,8-15,17,21H,5-7,16H2,1-2H3,(H,27,31)/t21-/m0/s1. The summed E-state index contributed by atoms with van der Waals surface area (Å²) in [7, 11) is 3.86. The first-order chi connectivity index (χ1) is 15.1. The molecule has 158 valence electrons. The van der Waals surface area contributed by atoms with Crippen molar-refractivity contribution in [1.29, 1.82) is 0 Å². The quantitative estimate of drug-likeness (QED) is 0.612. The summed E-state index contributed by atoms with van der Waals surface area (Å²) in [6.45, 7) is 0.531. The van der Waals surface area contributed by atoms with Crippen LogP contribution in [0.5, 0.6) is 0 Å². The molecule has 2 aromatic heterocycles. The number of hydrogen-bond donors (Lipinski definition) is 1. The van der Waals surface area contributed by atoms with E-state index in [4.69, 9.17) is 4.98 Å². The second-order valence-electron chi connectivity index (χ2n) is 7.96. The molecule has 31 heavy (non-hydrogen) atoms. The second kappa shape index (κ2) is 9.51. The number of nitrogens with zero attached hydrogens (tertiary/aromatic N) is 4. The molecule has 2 heterocycles. The van der Waals surface area contributed by atoms with Crippen LogP contribution in [-0.4, -0.2) is 35.0 Å². The molecule has 3 aromatic rings. The van der Waals surface area contributed by atoms with Gasteiger partial charge in [-0.3, -0.25) is 9.78 Å². The summed E-state index contributed by atoms with van der Waals surface area (Å²) in [5.74, 6) is 0.892. The molecule has 4 rings (SSSR count). The third-order valence-electron chi connectivity index (χ3n) is 5.50. The van der Waals surface area contributed by atoms with Crippen molar-refractivity contribution < 1.29 is 4.79 Å². The Morgan fingerprint density at radius 1 is 1.06 bits per heavy atom. The van der Waals surface area contributed by atoms with Crippen LogP contribution < -0.4 is 10.2 Å². The molecule has 0 unspecified atom stereocenters. The molecule has 1 atom stereocenters. The van der Waals surface area contributed by atoms with E-state index >= 15 is 0 Å². The molecular weight excluding hydrogens is 386 g/mol. The first kappa shape index (κ1) is 20.7. The van der Waals surface area contributed by atoms with Crippen LogP contribution in [0.4, 0.5) is 5.95 Å². The highest BCUT2D eigenvalue weighted by Crippen LogP contribution is 2.31. The van der Waals surface area contributed by atoms with E-state index in [0.717, 1.165) is 47.2 Å². The number of hydrogen-bond acceptors (Lipinski definition) is 5. The van der Waals surface area contributed by atoms with Crippen molar-refractivity contribution in [3.63, 3.8) is 0 Å². The minimum atomic E-state index is 0.0951. The van der Waals surface area contributed by atoms with Gasteiger partial charge in [0.25, 0.3) is 0 Å². The fourth-order valence-corrected chi connectivity index (χ4v) is 3.70. The molecule has 0 fully saturated rings. The lowest BCUT2D eigenvalue weighted by atomic mass is 9.93. The molecule has 6 nitrogen and oxygen atoms in total. The number of aromatic nitrogens is 3. The molecule has 0 radical (unpaired) electrons. The number of benzene rings is 1. The third kappa shape index (κ3) is 4.97. The summed E-state index contributed by atoms with van der Waals surface area (Å²) in [4.78, 5) is 27.7. The van der Waals surface area contributed by atoms with Gasteiger partial charge in [0, 0.05) is 56.3 Å². The minimum Gasteiger partial charge on any atom is -0.352 e. The molecule has 0 aliphatic heterocycles. The SMILES string of the molecule is CN(C)c1ncc(-c2ccncc2)c(-c2ccc(CNC(=O)[C@H]3CC=CCC3)cc2)n1. The van der Waals surface area contributed by atoms with Crippen LogP contribution in [-0.2, 0) is 11.3 Å². The Balaban J connectivity index is 1.54. The highest BCUT2D eigenvalue weighted by Gasteiger charge is 2.18. The number of pyridine rings is 1. The monoisotopic (exact) mass is 413 g/mol. The van der Waals surface area contributed by atoms with Gasteiger partial charge in [-0.15, -0.1) is 0 Å². The summed E-state index contributed by atoms with van der Waals surface area (Å²) >= 11 is 0. The van der Waals surface area contributed by atoms with Crippen molar-refractivity contribution in [2.45, 2.75) is 25.8 Å². The van der Waals surface area contributed by atoms with Gasteiger partial charge in [-0.05, 0) is 42.5 Å². The van der Waals surface area contributed by atoms with Crippen molar-refractivity contribution in [2.24, 2.45) is 5.92 Å². The average Bonchev–Trinajstić information content (AvgIpc) is 2.83. The minimum absolute atomic E-state index is 0.0951. The van der Waals surface area contributed by atoms with Gasteiger partial charge in [0.05, 0.1) is 5.69 Å². The lowest BCUT2D eigenvalue weighted by Gasteiger charge is -2.17. The van der Waals surface area contributed by atoms with Crippen LogP contribution in [0.15, 0.2) is 67.1 Å². The summed E-state index contributed by atoms with van der Waals surface area (Å²) in [6.07, 6.45) is 12.4. The Hall–Kier alpha value is -3.54. The highest BCUT2D eigenvalue weighted by molar-refractivity contribution is 5.81. The van der Waals surface area contributed by atoms with Crippen LogP contribution in [0.1, 0.15) is 24.8 Å². The first-order valence-corrected chi connectivity index (χ1v) is 10.6. The molecule has 1 N–H and O–H groups in total. The lowest BCUT2D eigenvalue weighted by molar-refractivity contribution is -0.125. The van der Waals surface area contributed by atoms with Gasteiger partial charge < -0.3 is 10.2 Å². The van der Waals surface area contributed by atoms with E-state index in [2.05, 4.69) is 39.6 Å². The van der Waals surface area contributed by atoms with E-state index in [1.165, 1.54) is 0 Å². The topological polar surface area (TPSA) is 71.0 Å². The Kier molecular flexibility index (Phi) is 6.36. The molecule has 6 heteroatoms. The lowest BCUT2D eigenvalue weighted by Crippen LogP contribution is -2.30. The van der Waals surface area contributed by atoms with E-state index in [1.54, 1.807) is 12.4 Å². The number of rotatable bonds is 6. The largest absolute Gasteiger partial charge is 0.352 e. The van der Waals surface area contributed by atoms with Crippen LogP contribution in [0.3, 0.4) is 0 Å². The average molecular weight is 414 g/mol. The Bertz CT molecular complexity index is 1060. The van der Waals surface area contributed by atoms with E-state index in [1.807, 2.05) is 49.5 Å². The van der Waals surface area contributed by atoms with Gasteiger partial charge >= 0.3 is 0 Å². The fourth-order valence-electron chi connectivity index (χ4n) is 3.70. The number of nitrogens with one attached hydrogen (secondary N) is 1. The van der Waals surface area contributed by atoms with Crippen molar-refractivity contribution in [2.75, 3.05) is 19.0 Å². The smallest absolute Gasteiger partial charge is 0.225 e. The number of carbonyl (C=O) groups is 1. The molecule has 0 bridgehead atoms. The zero-order valence-electron chi connectivity index (χ0n) is 18.0. The van der Waals surface area contributed by atoms with E-state index < -0.39 is 0 Å². The van der Waals surface area contributed by atoms with Crippen molar-refractivity contribution in [3.05, 3.63) is 72.7 Å². The molecule has 1 amide bonds. The number of carbonyl (C=O) groups excluding carboxylic acids is 1. The maximum atomic E-state index is 12.4. The zero-order valence-corrected chi connectivity index (χ0v) is 18.0. The van der Waals surface area contributed by atoms with Gasteiger partial charge in [-0.1, -0.05) is 36.4 Å². The predicted octanol–water partition coefficient (Wildman–Crippen LogP) is 4.24. The summed E-state index contributed by atoms with van der Waals surface area (Å²) < 4.78 is 0. The van der Waals surface area contributed by atoms with E-state index in [0.29, 0.717) is 12.5 Å². The maximum absolute atomic E-state index is 12.4. The zero-order chi connectivity index (χ0) is 21.6. The molecule has 1 aliphatic carbocycles. The Labute approximate surface area is 183 Å². The molecule has 1 aliphatic rings. The van der Waals surface area contributed by atoms with Gasteiger partial charge in [0.15, 0.2) is 0 Å². The molecule has 0 spiro atoms. The summed E-state index contributed by atoms with van der Waals surface area (Å²) in [5, 5.41) is 3.08. The van der Waals surface area contributed by atoms with Crippen molar-refractivity contribution in [3.8, 4) is 22.4 Å². The van der Waals surface area contributed by atoms with Gasteiger partial charge in [-0.25, -0.2) is 9.97 Å². The Morgan fingerprint density at radius 2 is 1.84 bits per heavy atom. The molecule has 1 aromatic carbocycles.